The van der Waals surface area contributed by atoms with Crippen molar-refractivity contribution < 1.29 is 24.5 Å². The Bertz CT molecular complexity index is 748. The van der Waals surface area contributed by atoms with E-state index in [1.807, 2.05) is 0 Å². The van der Waals surface area contributed by atoms with Crippen LogP contribution in [0.5, 0.6) is 17.2 Å². The monoisotopic (exact) mass is 298 g/mol. The molecule has 0 radical (unpaired) electrons. The average Bonchev–Trinajstić information content (AvgIpc) is 2.53. The van der Waals surface area contributed by atoms with Crippen molar-refractivity contribution in [2.75, 3.05) is 13.2 Å². The minimum absolute atomic E-state index is 0.0267. The molecule has 1 heterocycles. The Labute approximate surface area is 127 Å². The molecule has 0 aliphatic carbocycles. The van der Waals surface area contributed by atoms with E-state index in [0.717, 1.165) is 0 Å². The van der Waals surface area contributed by atoms with Gasteiger partial charge in [-0.05, 0) is 29.8 Å². The van der Waals surface area contributed by atoms with E-state index in [9.17, 15) is 15.0 Å². The Hall–Kier alpha value is -2.95. The fourth-order valence-electron chi connectivity index (χ4n) is 2.24. The molecule has 0 fully saturated rings. The standard InChI is InChI=1S/C17H14O5/c18-14-4-2-1-3-12(14)9-13(17(19)20)11-5-6-15-16(10-11)22-8-7-21-15/h1-6,9-10,18H,7-8H2,(H,19,20)/b13-9-. The first kappa shape index (κ1) is 14.0. The van der Waals surface area contributed by atoms with Gasteiger partial charge >= 0.3 is 5.97 Å². The molecule has 0 saturated carbocycles. The molecule has 2 aromatic rings. The number of phenolic OH excluding ortho intramolecular Hbond substituents is 1. The topological polar surface area (TPSA) is 76.0 Å². The summed E-state index contributed by atoms with van der Waals surface area (Å²) in [6.07, 6.45) is 1.43. The fraction of sp³-hybridized carbons (Fsp3) is 0.118. The molecule has 5 nitrogen and oxygen atoms in total. The minimum atomic E-state index is -1.08. The molecule has 2 aromatic carbocycles. The molecule has 0 bridgehead atoms. The van der Waals surface area contributed by atoms with Crippen LogP contribution in [0.15, 0.2) is 42.5 Å². The van der Waals surface area contributed by atoms with Gasteiger partial charge in [0.2, 0.25) is 0 Å². The van der Waals surface area contributed by atoms with Gasteiger partial charge in [-0.3, -0.25) is 0 Å². The first-order valence-electron chi connectivity index (χ1n) is 6.78. The van der Waals surface area contributed by atoms with Crippen LogP contribution >= 0.6 is 0 Å². The second-order valence-electron chi connectivity index (χ2n) is 4.78. The van der Waals surface area contributed by atoms with Crippen LogP contribution in [0.4, 0.5) is 0 Å². The van der Waals surface area contributed by atoms with E-state index in [2.05, 4.69) is 0 Å². The van der Waals surface area contributed by atoms with Gasteiger partial charge in [0, 0.05) is 5.56 Å². The number of hydrogen-bond acceptors (Lipinski definition) is 4. The van der Waals surface area contributed by atoms with Crippen LogP contribution in [0.2, 0.25) is 0 Å². The summed E-state index contributed by atoms with van der Waals surface area (Å²) in [5.41, 5.74) is 0.994. The Kier molecular flexibility index (Phi) is 3.70. The van der Waals surface area contributed by atoms with Gasteiger partial charge in [-0.15, -0.1) is 0 Å². The number of carboxylic acid groups (broad SMARTS) is 1. The van der Waals surface area contributed by atoms with Gasteiger partial charge in [-0.25, -0.2) is 4.79 Å². The number of rotatable bonds is 3. The average molecular weight is 298 g/mol. The lowest BCUT2D eigenvalue weighted by Crippen LogP contribution is -2.15. The number of phenols is 1. The summed E-state index contributed by atoms with van der Waals surface area (Å²) in [7, 11) is 0. The van der Waals surface area contributed by atoms with Crippen LogP contribution in [-0.2, 0) is 4.79 Å². The normalized spacial score (nSPS) is 13.7. The molecule has 0 atom stereocenters. The molecule has 0 spiro atoms. The highest BCUT2D eigenvalue weighted by Crippen LogP contribution is 2.34. The maximum atomic E-state index is 11.6. The summed E-state index contributed by atoms with van der Waals surface area (Å²) in [5, 5.41) is 19.3. The largest absolute Gasteiger partial charge is 0.507 e. The van der Waals surface area contributed by atoms with E-state index in [-0.39, 0.29) is 11.3 Å². The van der Waals surface area contributed by atoms with Crippen molar-refractivity contribution in [1.29, 1.82) is 0 Å². The quantitative estimate of drug-likeness (QED) is 0.673. The third kappa shape index (κ3) is 2.74. The van der Waals surface area contributed by atoms with Crippen LogP contribution in [0, 0.1) is 0 Å². The smallest absolute Gasteiger partial charge is 0.336 e. The van der Waals surface area contributed by atoms with E-state index >= 15 is 0 Å². The minimum Gasteiger partial charge on any atom is -0.507 e. The molecule has 5 heteroatoms. The zero-order valence-corrected chi connectivity index (χ0v) is 11.7. The van der Waals surface area contributed by atoms with Crippen LogP contribution in [0.1, 0.15) is 11.1 Å². The zero-order valence-electron chi connectivity index (χ0n) is 11.7. The highest BCUT2D eigenvalue weighted by Gasteiger charge is 2.17. The number of fused-ring (bicyclic) bond motifs is 1. The number of aromatic hydroxyl groups is 1. The van der Waals surface area contributed by atoms with E-state index in [1.54, 1.807) is 36.4 Å². The summed E-state index contributed by atoms with van der Waals surface area (Å²) >= 11 is 0. The maximum absolute atomic E-state index is 11.6. The van der Waals surface area contributed by atoms with Crippen molar-refractivity contribution in [3.63, 3.8) is 0 Å². The van der Waals surface area contributed by atoms with Gasteiger partial charge in [0.1, 0.15) is 19.0 Å². The van der Waals surface area contributed by atoms with Crippen LogP contribution in [-0.4, -0.2) is 29.4 Å². The molecule has 2 N–H and O–H groups in total. The number of carbonyl (C=O) groups is 1. The molecule has 3 rings (SSSR count). The number of carboxylic acids is 1. The second-order valence-corrected chi connectivity index (χ2v) is 4.78. The summed E-state index contributed by atoms with van der Waals surface area (Å²) in [6, 6.07) is 11.5. The van der Waals surface area contributed by atoms with E-state index in [4.69, 9.17) is 9.47 Å². The highest BCUT2D eigenvalue weighted by molar-refractivity contribution is 6.20. The molecule has 0 saturated heterocycles. The van der Waals surface area contributed by atoms with Crippen LogP contribution in [0.25, 0.3) is 11.6 Å². The summed E-state index contributed by atoms with van der Waals surface area (Å²) < 4.78 is 10.9. The van der Waals surface area contributed by atoms with E-state index in [0.29, 0.717) is 35.8 Å². The summed E-state index contributed by atoms with van der Waals surface area (Å²) in [6.45, 7) is 0.911. The molecular formula is C17H14O5. The van der Waals surface area contributed by atoms with Gasteiger partial charge in [0.05, 0.1) is 5.57 Å². The van der Waals surface area contributed by atoms with Crippen molar-refractivity contribution in [2.45, 2.75) is 0 Å². The van der Waals surface area contributed by atoms with Crippen molar-refractivity contribution >= 4 is 17.6 Å². The number of ether oxygens (including phenoxy) is 2. The van der Waals surface area contributed by atoms with Gasteiger partial charge in [-0.2, -0.15) is 0 Å². The number of aliphatic carboxylic acids is 1. The Morgan fingerprint density at radius 1 is 1.05 bits per heavy atom. The van der Waals surface area contributed by atoms with E-state index in [1.165, 1.54) is 12.1 Å². The molecule has 112 valence electrons. The Morgan fingerprint density at radius 3 is 2.50 bits per heavy atom. The lowest BCUT2D eigenvalue weighted by atomic mass is 10.0. The van der Waals surface area contributed by atoms with Gasteiger partial charge in [0.15, 0.2) is 11.5 Å². The molecular weight excluding hydrogens is 284 g/mol. The molecule has 1 aliphatic rings. The van der Waals surface area contributed by atoms with Crippen LogP contribution < -0.4 is 9.47 Å². The molecule has 22 heavy (non-hydrogen) atoms. The number of para-hydroxylation sites is 1. The van der Waals surface area contributed by atoms with Crippen LogP contribution in [0.3, 0.4) is 0 Å². The Morgan fingerprint density at radius 2 is 1.77 bits per heavy atom. The molecule has 0 aromatic heterocycles. The third-order valence-electron chi connectivity index (χ3n) is 3.32. The lowest BCUT2D eigenvalue weighted by molar-refractivity contribution is -0.130. The molecule has 0 amide bonds. The summed E-state index contributed by atoms with van der Waals surface area (Å²) in [4.78, 5) is 11.6. The van der Waals surface area contributed by atoms with Crippen molar-refractivity contribution in [3.05, 3.63) is 53.6 Å². The van der Waals surface area contributed by atoms with Gasteiger partial charge in [0.25, 0.3) is 0 Å². The number of benzene rings is 2. The van der Waals surface area contributed by atoms with Crippen molar-refractivity contribution in [1.82, 2.24) is 0 Å². The fourth-order valence-corrected chi connectivity index (χ4v) is 2.24. The van der Waals surface area contributed by atoms with Crippen molar-refractivity contribution in [2.24, 2.45) is 0 Å². The predicted octanol–water partition coefficient (Wildman–Crippen LogP) is 2.79. The predicted molar refractivity (Wildman–Crippen MR) is 81.0 cm³/mol. The van der Waals surface area contributed by atoms with Crippen molar-refractivity contribution in [3.8, 4) is 17.2 Å². The molecule has 0 unspecified atom stereocenters. The number of hydrogen-bond donors (Lipinski definition) is 2. The first-order chi connectivity index (χ1) is 10.6. The van der Waals surface area contributed by atoms with E-state index < -0.39 is 5.97 Å². The zero-order chi connectivity index (χ0) is 15.5. The lowest BCUT2D eigenvalue weighted by Gasteiger charge is -2.19. The first-order valence-corrected chi connectivity index (χ1v) is 6.78. The Balaban J connectivity index is 2.05. The highest BCUT2D eigenvalue weighted by atomic mass is 16.6. The summed E-state index contributed by atoms with van der Waals surface area (Å²) in [5.74, 6) is 0.0641. The second kappa shape index (κ2) is 5.81. The van der Waals surface area contributed by atoms with Gasteiger partial charge in [-0.1, -0.05) is 24.3 Å². The SMILES string of the molecule is O=C(O)/C(=C\c1ccccc1O)c1ccc2c(c1)OCCO2. The van der Waals surface area contributed by atoms with Gasteiger partial charge < -0.3 is 19.7 Å². The third-order valence-corrected chi connectivity index (χ3v) is 3.32. The molecule has 1 aliphatic heterocycles. The maximum Gasteiger partial charge on any atom is 0.336 e.